The maximum atomic E-state index is 12.5. The summed E-state index contributed by atoms with van der Waals surface area (Å²) in [5, 5.41) is 4.65. The minimum absolute atomic E-state index is 0.0288. The highest BCUT2D eigenvalue weighted by Gasteiger charge is 2.21. The molecule has 1 N–H and O–H groups in total. The maximum absolute atomic E-state index is 12.5. The summed E-state index contributed by atoms with van der Waals surface area (Å²) in [5.41, 5.74) is 2.38. The Balaban J connectivity index is 1.58. The van der Waals surface area contributed by atoms with Crippen molar-refractivity contribution >= 4 is 79.8 Å². The average molecular weight is 592 g/mol. The topological polar surface area (TPSA) is 66.5 Å². The largest absolute Gasteiger partial charge is 0.351 e. The number of rotatable bonds is 10. The van der Waals surface area contributed by atoms with E-state index in [1.54, 1.807) is 60.3 Å². The molecule has 0 aromatic heterocycles. The van der Waals surface area contributed by atoms with E-state index in [1.165, 1.54) is 4.31 Å². The summed E-state index contributed by atoms with van der Waals surface area (Å²) in [6.07, 6.45) is 1.11. The number of hydrogen-bond donors (Lipinski definition) is 1. The van der Waals surface area contributed by atoms with Gasteiger partial charge in [-0.2, -0.15) is 11.8 Å². The van der Waals surface area contributed by atoms with Crippen LogP contribution in [0.15, 0.2) is 60.7 Å². The van der Waals surface area contributed by atoms with Crippen molar-refractivity contribution < 1.29 is 13.2 Å². The second-order valence-electron chi connectivity index (χ2n) is 7.57. The molecular formula is C24H22Cl4N2O3S2. The zero-order chi connectivity index (χ0) is 25.6. The van der Waals surface area contributed by atoms with Crippen LogP contribution in [0.4, 0.5) is 5.69 Å². The first kappa shape index (κ1) is 28.0. The minimum atomic E-state index is -3.63. The normalized spacial score (nSPS) is 11.3. The van der Waals surface area contributed by atoms with Gasteiger partial charge in [0.15, 0.2) is 0 Å². The highest BCUT2D eigenvalue weighted by atomic mass is 35.5. The lowest BCUT2D eigenvalue weighted by molar-refractivity contribution is 0.0956. The Morgan fingerprint density at radius 2 is 1.57 bits per heavy atom. The van der Waals surface area contributed by atoms with Crippen molar-refractivity contribution in [2.75, 3.05) is 22.9 Å². The first-order chi connectivity index (χ1) is 16.6. The smallest absolute Gasteiger partial charge is 0.251 e. The second kappa shape index (κ2) is 12.6. The second-order valence-corrected chi connectivity index (χ2v) is 12.2. The number of anilines is 1. The van der Waals surface area contributed by atoms with E-state index in [0.29, 0.717) is 49.2 Å². The fourth-order valence-electron chi connectivity index (χ4n) is 3.16. The van der Waals surface area contributed by atoms with Gasteiger partial charge in [0.05, 0.1) is 28.5 Å². The standard InChI is InChI=1S/C24H22Cl4N2O3S2/c1-35(32,33)30(14-19-20(25)3-2-4-21(19)26)18-8-6-17(7-9-18)24(31)29-11-12-34-15-16-5-10-22(27)23(28)13-16/h2-10,13H,11-12,14-15H2,1H3,(H,29,31). The molecule has 0 unspecified atom stereocenters. The van der Waals surface area contributed by atoms with E-state index in [9.17, 15) is 13.2 Å². The molecule has 3 aromatic carbocycles. The Bertz CT molecular complexity index is 1280. The minimum Gasteiger partial charge on any atom is -0.351 e. The van der Waals surface area contributed by atoms with Crippen molar-refractivity contribution in [3.63, 3.8) is 0 Å². The van der Waals surface area contributed by atoms with Crippen molar-refractivity contribution in [2.45, 2.75) is 12.3 Å². The molecule has 0 bridgehead atoms. The van der Waals surface area contributed by atoms with E-state index in [2.05, 4.69) is 5.32 Å². The van der Waals surface area contributed by atoms with Crippen LogP contribution in [0, 0.1) is 0 Å². The van der Waals surface area contributed by atoms with Gasteiger partial charge in [0.2, 0.25) is 10.0 Å². The molecule has 0 saturated heterocycles. The van der Waals surface area contributed by atoms with Gasteiger partial charge in [0.25, 0.3) is 5.91 Å². The molecule has 0 heterocycles. The molecule has 0 aliphatic carbocycles. The molecule has 1 amide bonds. The van der Waals surface area contributed by atoms with Gasteiger partial charge in [-0.1, -0.05) is 58.5 Å². The van der Waals surface area contributed by atoms with Crippen LogP contribution in [0.3, 0.4) is 0 Å². The van der Waals surface area contributed by atoms with E-state index in [0.717, 1.165) is 17.6 Å². The molecule has 0 aliphatic rings. The van der Waals surface area contributed by atoms with Gasteiger partial charge in [-0.25, -0.2) is 8.42 Å². The number of carbonyl (C=O) groups excluding carboxylic acids is 1. The van der Waals surface area contributed by atoms with Crippen molar-refractivity contribution in [1.29, 1.82) is 0 Å². The molecule has 11 heteroatoms. The summed E-state index contributed by atoms with van der Waals surface area (Å²) < 4.78 is 26.1. The highest BCUT2D eigenvalue weighted by Crippen LogP contribution is 2.29. The molecule has 0 atom stereocenters. The molecule has 3 rings (SSSR count). The summed E-state index contributed by atoms with van der Waals surface area (Å²) in [7, 11) is -3.63. The SMILES string of the molecule is CS(=O)(=O)N(Cc1c(Cl)cccc1Cl)c1ccc(C(=O)NCCSCc2ccc(Cl)c(Cl)c2)cc1. The van der Waals surface area contributed by atoms with Gasteiger partial charge in [-0.15, -0.1) is 0 Å². The molecular weight excluding hydrogens is 570 g/mol. The molecule has 0 aliphatic heterocycles. The van der Waals surface area contributed by atoms with Crippen LogP contribution in [0.5, 0.6) is 0 Å². The summed E-state index contributed by atoms with van der Waals surface area (Å²) in [6.45, 7) is 0.450. The fourth-order valence-corrected chi connectivity index (χ4v) is 5.68. The summed E-state index contributed by atoms with van der Waals surface area (Å²) >= 11 is 26.1. The van der Waals surface area contributed by atoms with Crippen LogP contribution in [0.2, 0.25) is 20.1 Å². The predicted molar refractivity (Wildman–Crippen MR) is 149 cm³/mol. The zero-order valence-corrected chi connectivity index (χ0v) is 23.3. The lowest BCUT2D eigenvalue weighted by Gasteiger charge is -2.23. The molecule has 35 heavy (non-hydrogen) atoms. The van der Waals surface area contributed by atoms with Gasteiger partial charge < -0.3 is 5.32 Å². The molecule has 3 aromatic rings. The molecule has 0 saturated carbocycles. The van der Waals surface area contributed by atoms with E-state index >= 15 is 0 Å². The Morgan fingerprint density at radius 3 is 2.17 bits per heavy atom. The van der Waals surface area contributed by atoms with Crippen LogP contribution < -0.4 is 9.62 Å². The molecule has 186 valence electrons. The number of nitrogens with zero attached hydrogens (tertiary/aromatic N) is 1. The van der Waals surface area contributed by atoms with Gasteiger partial charge in [-0.3, -0.25) is 9.10 Å². The van der Waals surface area contributed by atoms with Crippen LogP contribution in [0.25, 0.3) is 0 Å². The van der Waals surface area contributed by atoms with Gasteiger partial charge >= 0.3 is 0 Å². The Morgan fingerprint density at radius 1 is 0.914 bits per heavy atom. The Labute approximate surface area is 229 Å². The monoisotopic (exact) mass is 590 g/mol. The third-order valence-corrected chi connectivity index (χ3v) is 8.58. The number of hydrogen-bond acceptors (Lipinski definition) is 4. The molecule has 0 radical (unpaired) electrons. The summed E-state index contributed by atoms with van der Waals surface area (Å²) in [5.74, 6) is 1.22. The average Bonchev–Trinajstić information content (AvgIpc) is 2.80. The van der Waals surface area contributed by atoms with Crippen molar-refractivity contribution in [2.24, 2.45) is 0 Å². The number of carbonyl (C=O) groups is 1. The number of nitrogens with one attached hydrogen (secondary N) is 1. The lowest BCUT2D eigenvalue weighted by atomic mass is 10.1. The maximum Gasteiger partial charge on any atom is 0.251 e. The number of benzene rings is 3. The van der Waals surface area contributed by atoms with Gasteiger partial charge in [0.1, 0.15) is 0 Å². The fraction of sp³-hybridized carbons (Fsp3) is 0.208. The van der Waals surface area contributed by atoms with E-state index < -0.39 is 10.0 Å². The van der Waals surface area contributed by atoms with Crippen LogP contribution >= 0.6 is 58.2 Å². The Kier molecular flexibility index (Phi) is 10.0. The van der Waals surface area contributed by atoms with E-state index in [1.807, 2.05) is 12.1 Å². The third-order valence-electron chi connectivity index (χ3n) is 4.97. The van der Waals surface area contributed by atoms with Gasteiger partial charge in [0, 0.05) is 39.2 Å². The first-order valence-electron chi connectivity index (χ1n) is 10.4. The number of halogens is 4. The van der Waals surface area contributed by atoms with Crippen LogP contribution in [-0.2, 0) is 22.3 Å². The van der Waals surface area contributed by atoms with Crippen LogP contribution in [0.1, 0.15) is 21.5 Å². The third kappa shape index (κ3) is 7.94. The molecule has 5 nitrogen and oxygen atoms in total. The number of thioether (sulfide) groups is 1. The zero-order valence-electron chi connectivity index (χ0n) is 18.6. The van der Waals surface area contributed by atoms with Crippen molar-refractivity contribution in [3.05, 3.63) is 97.4 Å². The number of amides is 1. The van der Waals surface area contributed by atoms with Crippen molar-refractivity contribution in [3.8, 4) is 0 Å². The highest BCUT2D eigenvalue weighted by molar-refractivity contribution is 7.98. The number of sulfonamides is 1. The van der Waals surface area contributed by atoms with E-state index in [4.69, 9.17) is 46.4 Å². The molecule has 0 fully saturated rings. The first-order valence-corrected chi connectivity index (χ1v) is 14.9. The summed E-state index contributed by atoms with van der Waals surface area (Å²) in [4.78, 5) is 12.5. The lowest BCUT2D eigenvalue weighted by Crippen LogP contribution is -2.30. The Hall–Kier alpha value is -1.61. The van der Waals surface area contributed by atoms with Crippen molar-refractivity contribution in [1.82, 2.24) is 5.32 Å². The predicted octanol–water partition coefficient (Wildman–Crippen LogP) is 6.93. The summed E-state index contributed by atoms with van der Waals surface area (Å²) in [6, 6.07) is 16.8. The van der Waals surface area contributed by atoms with E-state index in [-0.39, 0.29) is 12.5 Å². The molecule has 0 spiro atoms. The van der Waals surface area contributed by atoms with Crippen LogP contribution in [-0.4, -0.2) is 32.9 Å². The van der Waals surface area contributed by atoms with Gasteiger partial charge in [-0.05, 0) is 54.1 Å². The quantitative estimate of drug-likeness (QED) is 0.260.